The first kappa shape index (κ1) is 77.9. The first-order valence-electron chi connectivity index (χ1n) is 31.9. The SMILES string of the molecule is CS(=O)(=O)c1ccc(C(=O)N[C@H]2CCC(=O)N3CCC[C@@H](C(=O)N[C@H](C=O)CC(=O)O)N3C2=O)cc1.O=C[C@H](CC(=O)O)NC(=O)[C@@H]1CCCN2C(=O)CC[C@H](NC(=O)c3cccc(F)c3)C(=O)N12.O=C[C@H](CC(=O)O)NC(=O)[C@@H]1CCCN2C(=O)CC[C@H](NC(=O)c3ccccc3F)C(=O)N12. The van der Waals surface area contributed by atoms with Crippen LogP contribution in [0.5, 0.6) is 0 Å². The average molecular weight is 1450 g/mol. The molecule has 546 valence electrons. The highest BCUT2D eigenvalue weighted by molar-refractivity contribution is 7.90. The van der Waals surface area contributed by atoms with E-state index in [1.54, 1.807) is 0 Å². The van der Waals surface area contributed by atoms with Gasteiger partial charge in [0.25, 0.3) is 35.4 Å². The lowest BCUT2D eigenvalue weighted by Gasteiger charge is -2.43. The van der Waals surface area contributed by atoms with Gasteiger partial charge in [-0.2, -0.15) is 0 Å². The number of aliphatic carboxylic acids is 3. The highest BCUT2D eigenvalue weighted by atomic mass is 32.2. The quantitative estimate of drug-likeness (QED) is 0.0496. The maximum atomic E-state index is 14.0. The third-order valence-corrected chi connectivity index (χ3v) is 17.9. The highest BCUT2D eigenvalue weighted by Gasteiger charge is 2.49. The van der Waals surface area contributed by atoms with E-state index in [4.69, 9.17) is 15.3 Å². The van der Waals surface area contributed by atoms with Crippen molar-refractivity contribution in [3.8, 4) is 0 Å². The summed E-state index contributed by atoms with van der Waals surface area (Å²) in [5.74, 6) is -13.3. The Morgan fingerprint density at radius 2 is 0.833 bits per heavy atom. The van der Waals surface area contributed by atoms with Crippen molar-refractivity contribution in [2.75, 3.05) is 25.9 Å². The standard InChI is InChI=1S/C22H26N4O9S.2C21H23FN4O7/c1-36(34,35)15-6-4-13(5-7-15)20(31)24-16-8-9-18(28)25-10-2-3-17(26(25)22(16)33)21(32)23-14(12-27)11-19(29)30;22-13-4-1-3-12(9-13)19(31)24-15-6-7-17(28)25-8-2-5-16(26(25)21(15)33)20(32)23-14(11-27)10-18(29)30;22-14-5-2-1-4-13(14)19(31)24-15-7-8-17(28)25-9-3-6-16(26(25)21(15)33)20(32)23-12(11-27)10-18(29)30/h4-7,12,14,16-17H,2-3,8-11H2,1H3,(H,23,32)(H,24,31)(H,29,30);1,3-4,9,11,14-16H,2,5-8,10H2,(H,23,32)(H,24,31)(H,29,30);1-2,4-5,11-12,15-16H,3,6-10H2,(H,23,32)(H,24,31)(H,29,30)/t14-,16-,17-;14-,15-,16-;12-,15-,16-/m000/s1. The van der Waals surface area contributed by atoms with Gasteiger partial charge >= 0.3 is 17.9 Å². The second-order valence-electron chi connectivity index (χ2n) is 24.1. The number of aldehydes is 3. The topological polar surface area (TPSA) is 494 Å². The number of fused-ring (bicyclic) bond motifs is 3. The molecule has 9 atom stereocenters. The number of nitrogens with one attached hydrogen (secondary N) is 6. The van der Waals surface area contributed by atoms with E-state index in [2.05, 4.69) is 31.9 Å². The number of sulfone groups is 1. The summed E-state index contributed by atoms with van der Waals surface area (Å²) >= 11 is 0. The Balaban J connectivity index is 0.000000215. The molecule has 6 aliphatic rings. The number of halogens is 2. The lowest BCUT2D eigenvalue weighted by Crippen LogP contribution is -2.64. The summed E-state index contributed by atoms with van der Waals surface area (Å²) in [6.07, 6.45) is 1.30. The number of rotatable bonds is 22. The fraction of sp³-hybridized carbons (Fsp3) is 0.438. The second-order valence-corrected chi connectivity index (χ2v) is 26.1. The van der Waals surface area contributed by atoms with Crippen LogP contribution in [0.1, 0.15) is 127 Å². The van der Waals surface area contributed by atoms with Gasteiger partial charge in [-0.1, -0.05) is 18.2 Å². The van der Waals surface area contributed by atoms with Gasteiger partial charge in [0.2, 0.25) is 35.4 Å². The van der Waals surface area contributed by atoms with Crippen LogP contribution in [0.4, 0.5) is 8.78 Å². The van der Waals surface area contributed by atoms with Gasteiger partial charge < -0.3 is 61.6 Å². The third-order valence-electron chi connectivity index (χ3n) is 16.8. The first-order valence-corrected chi connectivity index (χ1v) is 33.8. The normalized spacial score (nSPS) is 21.4. The smallest absolute Gasteiger partial charge is 0.305 e. The zero-order chi connectivity index (χ0) is 74.9. The summed E-state index contributed by atoms with van der Waals surface area (Å²) in [4.78, 5) is 221. The fourth-order valence-corrected chi connectivity index (χ4v) is 12.5. The third kappa shape index (κ3) is 19.9. The van der Waals surface area contributed by atoms with E-state index in [1.165, 1.54) is 54.6 Å². The van der Waals surface area contributed by atoms with Gasteiger partial charge in [-0.05, 0) is 112 Å². The number of carbonyl (C=O) groups is 18. The van der Waals surface area contributed by atoms with Gasteiger partial charge in [0.1, 0.15) is 66.7 Å². The van der Waals surface area contributed by atoms with Gasteiger partial charge in [0.05, 0.1) is 47.8 Å². The Morgan fingerprint density at radius 1 is 0.480 bits per heavy atom. The van der Waals surface area contributed by atoms with Crippen LogP contribution < -0.4 is 31.9 Å². The molecular weight excluding hydrogens is 1370 g/mol. The van der Waals surface area contributed by atoms with Crippen molar-refractivity contribution in [1.82, 2.24) is 62.0 Å². The number of hydrogen-bond donors (Lipinski definition) is 9. The summed E-state index contributed by atoms with van der Waals surface area (Å²) in [5.41, 5.74) is -0.183. The molecule has 0 spiro atoms. The number of carboxylic acids is 3. The molecule has 9 N–H and O–H groups in total. The van der Waals surface area contributed by atoms with Crippen LogP contribution >= 0.6 is 0 Å². The Labute approximate surface area is 578 Å². The van der Waals surface area contributed by atoms with Crippen LogP contribution in [0.2, 0.25) is 0 Å². The van der Waals surface area contributed by atoms with Crippen LogP contribution in [0, 0.1) is 11.6 Å². The molecular formula is C64H72F2N12O23S. The minimum absolute atomic E-state index is 0.00865. The number of nitrogens with zero attached hydrogens (tertiary/aromatic N) is 6. The molecule has 0 saturated carbocycles. The minimum atomic E-state index is -3.47. The molecule has 35 nitrogen and oxygen atoms in total. The predicted octanol–water partition coefficient (Wildman–Crippen LogP) is -1.90. The number of hydrogen-bond acceptors (Lipinski definition) is 20. The van der Waals surface area contributed by atoms with Gasteiger partial charge in [-0.3, -0.25) is 86.9 Å². The highest BCUT2D eigenvalue weighted by Crippen LogP contribution is 2.29. The van der Waals surface area contributed by atoms with E-state index >= 15 is 0 Å². The zero-order valence-corrected chi connectivity index (χ0v) is 55.3. The predicted molar refractivity (Wildman–Crippen MR) is 339 cm³/mol. The summed E-state index contributed by atoms with van der Waals surface area (Å²) in [7, 11) is -3.47. The number of carbonyl (C=O) groups excluding carboxylic acids is 15. The number of benzene rings is 3. The maximum absolute atomic E-state index is 14.0. The molecule has 102 heavy (non-hydrogen) atoms. The van der Waals surface area contributed by atoms with Crippen molar-refractivity contribution in [2.45, 2.75) is 156 Å². The molecule has 6 fully saturated rings. The molecule has 0 radical (unpaired) electrons. The molecule has 6 saturated heterocycles. The molecule has 6 heterocycles. The van der Waals surface area contributed by atoms with Crippen molar-refractivity contribution in [1.29, 1.82) is 0 Å². The van der Waals surface area contributed by atoms with Crippen molar-refractivity contribution < 1.29 is 119 Å². The molecule has 3 aromatic rings. The number of hydrazine groups is 3. The average Bonchev–Trinajstić information content (AvgIpc) is 1.47. The lowest BCUT2D eigenvalue weighted by molar-refractivity contribution is -0.176. The van der Waals surface area contributed by atoms with E-state index in [-0.39, 0.29) is 118 Å². The van der Waals surface area contributed by atoms with E-state index in [9.17, 15) is 104 Å². The Hall–Kier alpha value is -11.5. The van der Waals surface area contributed by atoms with Gasteiger partial charge in [-0.25, -0.2) is 32.2 Å². The van der Waals surface area contributed by atoms with Gasteiger partial charge in [-0.15, -0.1) is 0 Å². The summed E-state index contributed by atoms with van der Waals surface area (Å²) in [5, 5.41) is 47.4. The molecule has 6 aliphatic heterocycles. The fourth-order valence-electron chi connectivity index (χ4n) is 11.9. The van der Waals surface area contributed by atoms with Crippen molar-refractivity contribution in [3.63, 3.8) is 0 Å². The molecule has 0 unspecified atom stereocenters. The van der Waals surface area contributed by atoms with Gasteiger partial charge in [0, 0.05) is 56.3 Å². The van der Waals surface area contributed by atoms with Crippen LogP contribution in [0.15, 0.2) is 77.7 Å². The van der Waals surface area contributed by atoms with Crippen molar-refractivity contribution in [3.05, 3.63) is 101 Å². The zero-order valence-electron chi connectivity index (χ0n) is 54.4. The minimum Gasteiger partial charge on any atom is -0.481 e. The van der Waals surface area contributed by atoms with Crippen molar-refractivity contribution >= 4 is 117 Å². The Morgan fingerprint density at radius 3 is 1.17 bits per heavy atom. The molecule has 9 rings (SSSR count). The monoisotopic (exact) mass is 1450 g/mol. The van der Waals surface area contributed by atoms with E-state index in [1.807, 2.05) is 0 Å². The van der Waals surface area contributed by atoms with Crippen LogP contribution in [-0.2, 0) is 81.8 Å². The van der Waals surface area contributed by atoms with Crippen molar-refractivity contribution in [2.24, 2.45) is 0 Å². The van der Waals surface area contributed by atoms with Crippen LogP contribution in [-0.4, -0.2) is 242 Å². The molecule has 3 aromatic carbocycles. The van der Waals surface area contributed by atoms with E-state index < -0.39 is 184 Å². The summed E-state index contributed by atoms with van der Waals surface area (Å²) < 4.78 is 50.7. The molecule has 38 heteroatoms. The second kappa shape index (κ2) is 35.0. The Bertz CT molecular complexity index is 3940. The van der Waals surface area contributed by atoms with Crippen LogP contribution in [0.25, 0.3) is 0 Å². The molecule has 0 bridgehead atoms. The Kier molecular flexibility index (Phi) is 26.7. The molecule has 0 aliphatic carbocycles. The first-order chi connectivity index (χ1) is 48.3. The summed E-state index contributed by atoms with van der Waals surface area (Å²) in [6.45, 7) is 0.536. The van der Waals surface area contributed by atoms with Gasteiger partial charge in [0.15, 0.2) is 9.84 Å². The molecule has 12 amide bonds. The van der Waals surface area contributed by atoms with E-state index in [0.29, 0.717) is 19.3 Å². The lowest BCUT2D eigenvalue weighted by atomic mass is 10.0. The van der Waals surface area contributed by atoms with Crippen LogP contribution in [0.3, 0.4) is 0 Å². The van der Waals surface area contributed by atoms with E-state index in [0.717, 1.165) is 54.5 Å². The summed E-state index contributed by atoms with van der Waals surface area (Å²) in [6, 6.07) is 4.27. The number of amides is 12. The maximum Gasteiger partial charge on any atom is 0.305 e. The largest absolute Gasteiger partial charge is 0.481 e. The number of carboxylic acid groups (broad SMARTS) is 3. The molecule has 0 aromatic heterocycles.